The van der Waals surface area contributed by atoms with Crippen LogP contribution in [-0.4, -0.2) is 24.4 Å². The van der Waals surface area contributed by atoms with Crippen LogP contribution in [0.2, 0.25) is 0 Å². The third-order valence-electron chi connectivity index (χ3n) is 3.30. The van der Waals surface area contributed by atoms with E-state index in [-0.39, 0.29) is 6.61 Å². The first-order valence-corrected chi connectivity index (χ1v) is 6.31. The van der Waals surface area contributed by atoms with E-state index < -0.39 is 5.60 Å². The number of aliphatic hydroxyl groups is 1. The third kappa shape index (κ3) is 3.37. The maximum atomic E-state index is 10.2. The molecule has 1 rings (SSSR count). The summed E-state index contributed by atoms with van der Waals surface area (Å²) in [7, 11) is 1.59. The van der Waals surface area contributed by atoms with Gasteiger partial charge in [-0.05, 0) is 18.9 Å². The Morgan fingerprint density at radius 1 is 1.28 bits per heavy atom. The molecule has 0 saturated carbocycles. The van der Waals surface area contributed by atoms with E-state index in [1.165, 1.54) is 0 Å². The fourth-order valence-electron chi connectivity index (χ4n) is 1.71. The van der Waals surface area contributed by atoms with Crippen LogP contribution in [0, 0.1) is 0 Å². The van der Waals surface area contributed by atoms with E-state index in [0.29, 0.717) is 30.9 Å². The number of benzene rings is 1. The maximum Gasteiger partial charge on any atom is 0.165 e. The summed E-state index contributed by atoms with van der Waals surface area (Å²) >= 11 is 0. The van der Waals surface area contributed by atoms with Gasteiger partial charge in [0.25, 0.3) is 0 Å². The molecule has 0 saturated heterocycles. The lowest BCUT2D eigenvalue weighted by molar-refractivity contribution is -0.0122. The van der Waals surface area contributed by atoms with E-state index in [2.05, 4.69) is 0 Å². The number of hydrogen-bond acceptors (Lipinski definition) is 4. The second kappa shape index (κ2) is 6.61. The molecule has 1 aromatic carbocycles. The van der Waals surface area contributed by atoms with Crippen LogP contribution in [0.4, 0.5) is 0 Å². The molecule has 1 aromatic rings. The van der Waals surface area contributed by atoms with Crippen molar-refractivity contribution in [3.63, 3.8) is 0 Å². The molecule has 4 nitrogen and oxygen atoms in total. The summed E-state index contributed by atoms with van der Waals surface area (Å²) in [6.07, 6.45) is 1.30. The number of rotatable bonds is 7. The lowest BCUT2D eigenvalue weighted by Gasteiger charge is -2.26. The van der Waals surface area contributed by atoms with Gasteiger partial charge in [0.1, 0.15) is 6.61 Å². The summed E-state index contributed by atoms with van der Waals surface area (Å²) in [6, 6.07) is 5.60. The minimum Gasteiger partial charge on any atom is -0.493 e. The van der Waals surface area contributed by atoms with Crippen LogP contribution in [0.25, 0.3) is 0 Å². The van der Waals surface area contributed by atoms with E-state index >= 15 is 0 Å². The largest absolute Gasteiger partial charge is 0.493 e. The average Bonchev–Trinajstić information content (AvgIpc) is 2.44. The van der Waals surface area contributed by atoms with Gasteiger partial charge in [-0.1, -0.05) is 26.0 Å². The van der Waals surface area contributed by atoms with Gasteiger partial charge in [-0.15, -0.1) is 0 Å². The first-order valence-electron chi connectivity index (χ1n) is 6.31. The Balaban J connectivity index is 2.89. The minimum atomic E-state index is -0.799. The van der Waals surface area contributed by atoms with Crippen LogP contribution in [0.5, 0.6) is 11.5 Å². The molecule has 0 fully saturated rings. The Morgan fingerprint density at radius 2 is 1.94 bits per heavy atom. The summed E-state index contributed by atoms with van der Waals surface area (Å²) < 4.78 is 11.0. The quantitative estimate of drug-likeness (QED) is 0.781. The van der Waals surface area contributed by atoms with Gasteiger partial charge in [0, 0.05) is 12.1 Å². The predicted octanol–water partition coefficient (Wildman–Crippen LogP) is 2.08. The lowest BCUT2D eigenvalue weighted by Crippen LogP contribution is -2.34. The van der Waals surface area contributed by atoms with Crippen LogP contribution in [-0.2, 0) is 6.54 Å². The minimum absolute atomic E-state index is 0.243. The second-order valence-electron chi connectivity index (χ2n) is 4.37. The molecule has 0 atom stereocenters. The molecule has 0 bridgehead atoms. The molecule has 0 spiro atoms. The van der Waals surface area contributed by atoms with Crippen molar-refractivity contribution in [1.82, 2.24) is 0 Å². The van der Waals surface area contributed by atoms with Crippen molar-refractivity contribution in [2.45, 2.75) is 38.8 Å². The van der Waals surface area contributed by atoms with Crippen LogP contribution in [0.1, 0.15) is 32.3 Å². The normalized spacial score (nSPS) is 11.4. The van der Waals surface area contributed by atoms with Gasteiger partial charge >= 0.3 is 0 Å². The predicted molar refractivity (Wildman–Crippen MR) is 71.9 cm³/mol. The fourth-order valence-corrected chi connectivity index (χ4v) is 1.71. The maximum absolute atomic E-state index is 10.2. The van der Waals surface area contributed by atoms with Crippen molar-refractivity contribution >= 4 is 0 Å². The third-order valence-corrected chi connectivity index (χ3v) is 3.30. The van der Waals surface area contributed by atoms with Gasteiger partial charge in [0.15, 0.2) is 11.5 Å². The van der Waals surface area contributed by atoms with Crippen LogP contribution >= 0.6 is 0 Å². The highest BCUT2D eigenvalue weighted by Gasteiger charge is 2.24. The first-order chi connectivity index (χ1) is 8.60. The van der Waals surface area contributed by atoms with Gasteiger partial charge in [-0.25, -0.2) is 0 Å². The Labute approximate surface area is 109 Å². The summed E-state index contributed by atoms with van der Waals surface area (Å²) in [5.74, 6) is 1.27. The zero-order chi connectivity index (χ0) is 13.6. The highest BCUT2D eigenvalue weighted by atomic mass is 16.5. The van der Waals surface area contributed by atoms with Gasteiger partial charge in [-0.2, -0.15) is 0 Å². The fraction of sp³-hybridized carbons (Fsp3) is 0.571. The number of hydrogen-bond donors (Lipinski definition) is 2. The Bertz CT molecular complexity index is 353. The van der Waals surface area contributed by atoms with Crippen molar-refractivity contribution in [1.29, 1.82) is 0 Å². The van der Waals surface area contributed by atoms with Crippen molar-refractivity contribution in [2.24, 2.45) is 5.73 Å². The van der Waals surface area contributed by atoms with Gasteiger partial charge < -0.3 is 20.3 Å². The number of ether oxygens (including phenoxy) is 2. The number of para-hydroxylation sites is 1. The molecule has 102 valence electrons. The summed E-state index contributed by atoms with van der Waals surface area (Å²) in [5.41, 5.74) is 5.76. The highest BCUT2D eigenvalue weighted by molar-refractivity contribution is 5.46. The van der Waals surface area contributed by atoms with E-state index in [9.17, 15) is 5.11 Å². The molecule has 0 aromatic heterocycles. The van der Waals surface area contributed by atoms with Gasteiger partial charge in [0.05, 0.1) is 12.7 Å². The Morgan fingerprint density at radius 3 is 2.44 bits per heavy atom. The van der Waals surface area contributed by atoms with Gasteiger partial charge in [-0.3, -0.25) is 0 Å². The van der Waals surface area contributed by atoms with Crippen molar-refractivity contribution in [2.75, 3.05) is 13.7 Å². The van der Waals surface area contributed by atoms with Gasteiger partial charge in [0.2, 0.25) is 0 Å². The van der Waals surface area contributed by atoms with E-state index in [4.69, 9.17) is 15.2 Å². The lowest BCUT2D eigenvalue weighted by atomic mass is 9.99. The zero-order valence-corrected chi connectivity index (χ0v) is 11.4. The standard InChI is InChI=1S/C14H23NO3/c1-4-14(16,5-2)10-18-13-11(9-15)7-6-8-12(13)17-3/h6-8,16H,4-5,9-10,15H2,1-3H3. The zero-order valence-electron chi connectivity index (χ0n) is 11.4. The molecule has 3 N–H and O–H groups in total. The van der Waals surface area contributed by atoms with E-state index in [0.717, 1.165) is 5.56 Å². The number of nitrogens with two attached hydrogens (primary N) is 1. The van der Waals surface area contributed by atoms with E-state index in [1.54, 1.807) is 7.11 Å². The molecule has 18 heavy (non-hydrogen) atoms. The summed E-state index contributed by atoms with van der Waals surface area (Å²) in [6.45, 7) is 4.51. The average molecular weight is 253 g/mol. The summed E-state index contributed by atoms with van der Waals surface area (Å²) in [4.78, 5) is 0. The topological polar surface area (TPSA) is 64.7 Å². The molecule has 4 heteroatoms. The molecule has 0 heterocycles. The molecule has 0 aliphatic heterocycles. The molecular weight excluding hydrogens is 230 g/mol. The molecule has 0 radical (unpaired) electrons. The van der Waals surface area contributed by atoms with Crippen molar-refractivity contribution < 1.29 is 14.6 Å². The molecule has 0 unspecified atom stereocenters. The summed E-state index contributed by atoms with van der Waals surface area (Å²) in [5, 5.41) is 10.2. The first kappa shape index (κ1) is 14.8. The number of methoxy groups -OCH3 is 1. The van der Waals surface area contributed by atoms with Crippen LogP contribution < -0.4 is 15.2 Å². The van der Waals surface area contributed by atoms with Crippen molar-refractivity contribution in [3.05, 3.63) is 23.8 Å². The smallest absolute Gasteiger partial charge is 0.165 e. The molecule has 0 aliphatic rings. The highest BCUT2D eigenvalue weighted by Crippen LogP contribution is 2.32. The van der Waals surface area contributed by atoms with E-state index in [1.807, 2.05) is 32.0 Å². The monoisotopic (exact) mass is 253 g/mol. The second-order valence-corrected chi connectivity index (χ2v) is 4.37. The molecule has 0 aliphatic carbocycles. The molecular formula is C14H23NO3. The SMILES string of the molecule is CCC(O)(CC)COc1c(CN)cccc1OC. The Hall–Kier alpha value is -1.26. The Kier molecular flexibility index (Phi) is 5.44. The van der Waals surface area contributed by atoms with Crippen LogP contribution in [0.3, 0.4) is 0 Å². The van der Waals surface area contributed by atoms with Crippen molar-refractivity contribution in [3.8, 4) is 11.5 Å². The molecule has 0 amide bonds. The van der Waals surface area contributed by atoms with Crippen LogP contribution in [0.15, 0.2) is 18.2 Å².